The largest absolute Gasteiger partial charge is 0.392 e. The zero-order chi connectivity index (χ0) is 15.0. The first-order valence-corrected chi connectivity index (χ1v) is 7.00. The molecule has 3 aromatic rings. The van der Waals surface area contributed by atoms with E-state index in [0.29, 0.717) is 10.6 Å². The van der Waals surface area contributed by atoms with Gasteiger partial charge in [0.15, 0.2) is 0 Å². The fourth-order valence-electron chi connectivity index (χ4n) is 2.41. The number of carbonyl (C=O) groups excluding carboxylic acids is 1. The van der Waals surface area contributed by atoms with Crippen molar-refractivity contribution >= 4 is 28.4 Å². The molecule has 1 N–H and O–H groups in total. The molecule has 1 heterocycles. The molecular weight excluding hydrogens is 286 g/mol. The number of aromatic nitrogens is 1. The van der Waals surface area contributed by atoms with E-state index in [1.165, 1.54) is 0 Å². The van der Waals surface area contributed by atoms with Crippen LogP contribution in [0.1, 0.15) is 21.5 Å². The predicted octanol–water partition coefficient (Wildman–Crippen LogP) is 3.78. The summed E-state index contributed by atoms with van der Waals surface area (Å²) in [5, 5.41) is 10.9. The molecule has 0 aliphatic carbocycles. The van der Waals surface area contributed by atoms with Crippen molar-refractivity contribution in [2.45, 2.75) is 13.5 Å². The zero-order valence-corrected chi connectivity index (χ0v) is 12.3. The van der Waals surface area contributed by atoms with Gasteiger partial charge in [-0.3, -0.25) is 9.36 Å². The highest BCUT2D eigenvalue weighted by atomic mass is 35.5. The normalized spacial score (nSPS) is 11.0. The van der Waals surface area contributed by atoms with Gasteiger partial charge >= 0.3 is 0 Å². The highest BCUT2D eigenvalue weighted by molar-refractivity contribution is 6.31. The smallest absolute Gasteiger partial charge is 0.262 e. The number of para-hydroxylation sites is 1. The second-order valence-electron chi connectivity index (χ2n) is 4.97. The Kier molecular flexibility index (Phi) is 3.53. The van der Waals surface area contributed by atoms with Crippen molar-refractivity contribution in [3.63, 3.8) is 0 Å². The summed E-state index contributed by atoms with van der Waals surface area (Å²) in [6.45, 7) is 1.79. The van der Waals surface area contributed by atoms with Gasteiger partial charge in [0.05, 0.1) is 12.1 Å². The molecule has 0 aliphatic heterocycles. The summed E-state index contributed by atoms with van der Waals surface area (Å²) < 4.78 is 1.56. The number of aliphatic hydroxyl groups is 1. The lowest BCUT2D eigenvalue weighted by molar-refractivity contribution is 0.0964. The Balaban J connectivity index is 2.15. The summed E-state index contributed by atoms with van der Waals surface area (Å²) in [6, 6.07) is 12.8. The second-order valence-corrected chi connectivity index (χ2v) is 5.38. The third-order valence-corrected chi connectivity index (χ3v) is 4.01. The number of fused-ring (bicyclic) bond motifs is 1. The molecular formula is C17H14ClNO2. The van der Waals surface area contributed by atoms with Gasteiger partial charge in [-0.15, -0.1) is 0 Å². The van der Waals surface area contributed by atoms with Crippen LogP contribution in [0.3, 0.4) is 0 Å². The van der Waals surface area contributed by atoms with Gasteiger partial charge < -0.3 is 5.11 Å². The van der Waals surface area contributed by atoms with Crippen LogP contribution < -0.4 is 0 Å². The van der Waals surface area contributed by atoms with Crippen molar-refractivity contribution in [2.75, 3.05) is 0 Å². The van der Waals surface area contributed by atoms with E-state index >= 15 is 0 Å². The van der Waals surface area contributed by atoms with Crippen LogP contribution in [-0.4, -0.2) is 15.6 Å². The lowest BCUT2D eigenvalue weighted by Crippen LogP contribution is -2.10. The van der Waals surface area contributed by atoms with Gasteiger partial charge in [0, 0.05) is 27.7 Å². The quantitative estimate of drug-likeness (QED) is 0.782. The molecule has 0 radical (unpaired) electrons. The molecule has 0 atom stereocenters. The summed E-state index contributed by atoms with van der Waals surface area (Å²) >= 11 is 6.09. The Morgan fingerprint density at radius 1 is 1.24 bits per heavy atom. The van der Waals surface area contributed by atoms with Gasteiger partial charge in [0.1, 0.15) is 0 Å². The first-order chi connectivity index (χ1) is 10.1. The average molecular weight is 300 g/mol. The Hall–Kier alpha value is -2.10. The first-order valence-electron chi connectivity index (χ1n) is 6.62. The van der Waals surface area contributed by atoms with E-state index in [4.69, 9.17) is 11.6 Å². The minimum absolute atomic E-state index is 0.102. The molecule has 3 rings (SSSR count). The van der Waals surface area contributed by atoms with Gasteiger partial charge in [0.2, 0.25) is 0 Å². The number of nitrogens with zero attached hydrogens (tertiary/aromatic N) is 1. The molecule has 3 nitrogen and oxygen atoms in total. The molecule has 0 saturated heterocycles. The van der Waals surface area contributed by atoms with Gasteiger partial charge in [0.25, 0.3) is 5.91 Å². The van der Waals surface area contributed by atoms with Crippen molar-refractivity contribution in [1.29, 1.82) is 0 Å². The van der Waals surface area contributed by atoms with Crippen molar-refractivity contribution in [3.05, 3.63) is 70.4 Å². The van der Waals surface area contributed by atoms with E-state index in [9.17, 15) is 9.90 Å². The van der Waals surface area contributed by atoms with E-state index in [1.54, 1.807) is 22.9 Å². The number of carbonyl (C=O) groups is 1. The molecule has 0 saturated carbocycles. The van der Waals surface area contributed by atoms with Gasteiger partial charge in [-0.2, -0.15) is 0 Å². The predicted molar refractivity (Wildman–Crippen MR) is 83.8 cm³/mol. The molecule has 0 unspecified atom stereocenters. The Morgan fingerprint density at radius 3 is 2.71 bits per heavy atom. The lowest BCUT2D eigenvalue weighted by atomic mass is 10.1. The molecule has 1 aromatic heterocycles. The van der Waals surface area contributed by atoms with Crippen LogP contribution in [0.15, 0.2) is 48.7 Å². The second kappa shape index (κ2) is 5.35. The van der Waals surface area contributed by atoms with Gasteiger partial charge in [-0.1, -0.05) is 35.9 Å². The summed E-state index contributed by atoms with van der Waals surface area (Å²) in [6.07, 6.45) is 1.68. The molecule has 0 amide bonds. The number of aliphatic hydroxyl groups excluding tert-OH is 1. The molecule has 2 aromatic carbocycles. The van der Waals surface area contributed by atoms with Crippen LogP contribution in [-0.2, 0) is 6.61 Å². The number of benzene rings is 2. The van der Waals surface area contributed by atoms with Crippen molar-refractivity contribution in [3.8, 4) is 0 Å². The van der Waals surface area contributed by atoms with Crippen LogP contribution >= 0.6 is 11.6 Å². The average Bonchev–Trinajstić information content (AvgIpc) is 2.88. The minimum Gasteiger partial charge on any atom is -0.392 e. The maximum absolute atomic E-state index is 12.7. The molecule has 4 heteroatoms. The van der Waals surface area contributed by atoms with Crippen LogP contribution in [0.4, 0.5) is 0 Å². The summed E-state index contributed by atoms with van der Waals surface area (Å²) in [4.78, 5) is 12.7. The van der Waals surface area contributed by atoms with E-state index in [2.05, 4.69) is 0 Å². The maximum atomic E-state index is 12.7. The molecule has 0 aliphatic rings. The number of hydrogen-bond acceptors (Lipinski definition) is 2. The van der Waals surface area contributed by atoms with Crippen molar-refractivity contribution in [1.82, 2.24) is 4.57 Å². The monoisotopic (exact) mass is 299 g/mol. The van der Waals surface area contributed by atoms with Crippen LogP contribution in [0.25, 0.3) is 10.9 Å². The number of rotatable bonds is 2. The van der Waals surface area contributed by atoms with Crippen molar-refractivity contribution < 1.29 is 9.90 Å². The summed E-state index contributed by atoms with van der Waals surface area (Å²) in [7, 11) is 0. The topological polar surface area (TPSA) is 42.2 Å². The van der Waals surface area contributed by atoms with Crippen LogP contribution in [0.2, 0.25) is 5.02 Å². The van der Waals surface area contributed by atoms with Crippen molar-refractivity contribution in [2.24, 2.45) is 0 Å². The zero-order valence-electron chi connectivity index (χ0n) is 11.5. The first kappa shape index (κ1) is 13.9. The molecule has 0 bridgehead atoms. The summed E-state index contributed by atoms with van der Waals surface area (Å²) in [5.41, 5.74) is 2.97. The highest BCUT2D eigenvalue weighted by Gasteiger charge is 2.15. The van der Waals surface area contributed by atoms with E-state index < -0.39 is 0 Å². The molecule has 21 heavy (non-hydrogen) atoms. The SMILES string of the molecule is Cc1ccc(C(=O)n2cc(CO)c3ccccc32)cc1Cl. The number of halogens is 1. The Bertz CT molecular complexity index is 836. The standard InChI is InChI=1S/C17H14ClNO2/c1-11-6-7-12(8-15(11)18)17(21)19-9-13(10-20)14-4-2-3-5-16(14)19/h2-9,20H,10H2,1H3. The molecule has 0 fully saturated rings. The van der Waals surface area contributed by atoms with Gasteiger partial charge in [-0.05, 0) is 30.7 Å². The maximum Gasteiger partial charge on any atom is 0.262 e. The molecule has 106 valence electrons. The summed E-state index contributed by atoms with van der Waals surface area (Å²) in [5.74, 6) is -0.159. The lowest BCUT2D eigenvalue weighted by Gasteiger charge is -2.06. The fraction of sp³-hybridized carbons (Fsp3) is 0.118. The minimum atomic E-state index is -0.159. The fourth-order valence-corrected chi connectivity index (χ4v) is 2.59. The number of aryl methyl sites for hydroxylation is 1. The number of hydrogen-bond donors (Lipinski definition) is 1. The van der Waals surface area contributed by atoms with Crippen LogP contribution in [0, 0.1) is 6.92 Å². The Labute approximate surface area is 127 Å². The third kappa shape index (κ3) is 2.35. The van der Waals surface area contributed by atoms with Crippen LogP contribution in [0.5, 0.6) is 0 Å². The van der Waals surface area contributed by atoms with E-state index in [0.717, 1.165) is 22.0 Å². The highest BCUT2D eigenvalue weighted by Crippen LogP contribution is 2.24. The van der Waals surface area contributed by atoms with E-state index in [-0.39, 0.29) is 12.5 Å². The van der Waals surface area contributed by atoms with E-state index in [1.807, 2.05) is 37.3 Å². The third-order valence-electron chi connectivity index (χ3n) is 3.60. The Morgan fingerprint density at radius 2 is 2.00 bits per heavy atom. The molecule has 0 spiro atoms. The van der Waals surface area contributed by atoms with Gasteiger partial charge in [-0.25, -0.2) is 0 Å².